The molecule has 0 aliphatic carbocycles. The molecule has 2 rings (SSSR count). The number of nitroso groups, excluding NO2 is 1. The zero-order chi connectivity index (χ0) is 17.2. The number of ether oxygens (including phenoxy) is 2. The van der Waals surface area contributed by atoms with Gasteiger partial charge in [-0.25, -0.2) is 0 Å². The molecule has 126 valence electrons. The van der Waals surface area contributed by atoms with Crippen LogP contribution in [0.1, 0.15) is 18.4 Å². The maximum atomic E-state index is 11.0. The summed E-state index contributed by atoms with van der Waals surface area (Å²) >= 11 is 0. The molecule has 0 bridgehead atoms. The summed E-state index contributed by atoms with van der Waals surface area (Å²) in [6.45, 7) is 0.539. The van der Waals surface area contributed by atoms with Crippen LogP contribution in [0.3, 0.4) is 0 Å². The summed E-state index contributed by atoms with van der Waals surface area (Å²) in [5.41, 5.74) is 0.832. The molecule has 2 aromatic rings. The highest BCUT2D eigenvalue weighted by atomic mass is 16.5. The van der Waals surface area contributed by atoms with E-state index in [2.05, 4.69) is 5.18 Å². The summed E-state index contributed by atoms with van der Waals surface area (Å²) in [5.74, 6) is 1.29. The van der Waals surface area contributed by atoms with Crippen LogP contribution in [0.4, 0.5) is 0 Å². The molecule has 24 heavy (non-hydrogen) atoms. The lowest BCUT2D eigenvalue weighted by Crippen LogP contribution is -2.04. The van der Waals surface area contributed by atoms with E-state index in [-0.39, 0.29) is 5.75 Å². The number of phenolic OH excluding ortho intramolecular Hbond substituents is 1. The number of phenols is 1. The molecule has 1 unspecified atom stereocenters. The van der Waals surface area contributed by atoms with Crippen molar-refractivity contribution in [3.8, 4) is 17.2 Å². The first kappa shape index (κ1) is 17.5. The number of hydrogen-bond acceptors (Lipinski definition) is 5. The average Bonchev–Trinajstić information content (AvgIpc) is 2.63. The lowest BCUT2D eigenvalue weighted by atomic mass is 10.1. The van der Waals surface area contributed by atoms with Crippen LogP contribution in [0.25, 0.3) is 6.08 Å². The standard InChI is InChI=1S/C19H21NO4/c1-23-19-14-15(10-12-18(19)21)9-11-16(20-22)6-5-13-24-17-7-3-2-4-8-17/h2-4,7-12,14,16,21H,5-6,13H2,1H3. The van der Waals surface area contributed by atoms with E-state index < -0.39 is 6.04 Å². The molecular formula is C19H21NO4. The van der Waals surface area contributed by atoms with E-state index in [0.29, 0.717) is 18.8 Å². The van der Waals surface area contributed by atoms with Crippen molar-refractivity contribution < 1.29 is 14.6 Å². The Morgan fingerprint density at radius 3 is 2.71 bits per heavy atom. The first-order valence-corrected chi connectivity index (χ1v) is 7.78. The monoisotopic (exact) mass is 327 g/mol. The molecule has 1 N–H and O–H groups in total. The number of benzene rings is 2. The largest absolute Gasteiger partial charge is 0.504 e. The Bertz CT molecular complexity index is 670. The molecular weight excluding hydrogens is 306 g/mol. The topological polar surface area (TPSA) is 68.1 Å². The van der Waals surface area contributed by atoms with Crippen LogP contribution in [0.2, 0.25) is 0 Å². The van der Waals surface area contributed by atoms with Crippen molar-refractivity contribution in [3.05, 3.63) is 65.1 Å². The number of rotatable bonds is 9. The van der Waals surface area contributed by atoms with E-state index in [0.717, 1.165) is 17.7 Å². The van der Waals surface area contributed by atoms with Gasteiger partial charge in [0.15, 0.2) is 11.5 Å². The number of nitrogens with zero attached hydrogens (tertiary/aromatic N) is 1. The minimum absolute atomic E-state index is 0.0813. The van der Waals surface area contributed by atoms with Gasteiger partial charge in [-0.05, 0) is 42.7 Å². The summed E-state index contributed by atoms with van der Waals surface area (Å²) in [5, 5.41) is 12.7. The third-order valence-electron chi connectivity index (χ3n) is 3.51. The lowest BCUT2D eigenvalue weighted by molar-refractivity contribution is 0.304. The zero-order valence-electron chi connectivity index (χ0n) is 13.6. The number of methoxy groups -OCH3 is 1. The molecule has 0 aliphatic heterocycles. The number of hydrogen-bond donors (Lipinski definition) is 1. The summed E-state index contributed by atoms with van der Waals surface area (Å²) in [7, 11) is 1.49. The van der Waals surface area contributed by atoms with Crippen LogP contribution < -0.4 is 9.47 Å². The van der Waals surface area contributed by atoms with Crippen molar-refractivity contribution >= 4 is 6.08 Å². The second-order valence-electron chi connectivity index (χ2n) is 5.27. The van der Waals surface area contributed by atoms with Crippen LogP contribution in [0.5, 0.6) is 17.2 Å². The van der Waals surface area contributed by atoms with Gasteiger partial charge in [0.05, 0.1) is 13.7 Å². The van der Waals surface area contributed by atoms with Crippen molar-refractivity contribution in [1.82, 2.24) is 0 Å². The fourth-order valence-electron chi connectivity index (χ4n) is 2.20. The third kappa shape index (κ3) is 5.43. The smallest absolute Gasteiger partial charge is 0.161 e. The van der Waals surface area contributed by atoms with Gasteiger partial charge in [0.1, 0.15) is 11.8 Å². The van der Waals surface area contributed by atoms with Crippen LogP contribution in [-0.2, 0) is 0 Å². The van der Waals surface area contributed by atoms with Crippen molar-refractivity contribution in [2.75, 3.05) is 13.7 Å². The van der Waals surface area contributed by atoms with Gasteiger partial charge in [-0.2, -0.15) is 4.91 Å². The van der Waals surface area contributed by atoms with E-state index >= 15 is 0 Å². The molecule has 5 heteroatoms. The minimum Gasteiger partial charge on any atom is -0.504 e. The van der Waals surface area contributed by atoms with Gasteiger partial charge < -0.3 is 14.6 Å². The molecule has 0 saturated heterocycles. The molecule has 0 aliphatic rings. The highest BCUT2D eigenvalue weighted by molar-refractivity contribution is 5.55. The predicted octanol–water partition coefficient (Wildman–Crippen LogP) is 4.41. The highest BCUT2D eigenvalue weighted by Crippen LogP contribution is 2.26. The highest BCUT2D eigenvalue weighted by Gasteiger charge is 2.05. The van der Waals surface area contributed by atoms with E-state index in [1.54, 1.807) is 30.4 Å². The summed E-state index contributed by atoms with van der Waals surface area (Å²) in [6.07, 6.45) is 4.89. The van der Waals surface area contributed by atoms with Crippen molar-refractivity contribution in [1.29, 1.82) is 0 Å². The Morgan fingerprint density at radius 1 is 1.21 bits per heavy atom. The summed E-state index contributed by atoms with van der Waals surface area (Å²) in [4.78, 5) is 11.0. The van der Waals surface area contributed by atoms with Crippen molar-refractivity contribution in [2.24, 2.45) is 5.18 Å². The molecule has 5 nitrogen and oxygen atoms in total. The molecule has 0 radical (unpaired) electrons. The summed E-state index contributed by atoms with van der Waals surface area (Å²) in [6, 6.07) is 14.1. The fraction of sp³-hybridized carbons (Fsp3) is 0.263. The van der Waals surface area contributed by atoms with Gasteiger partial charge in [-0.1, -0.05) is 41.6 Å². The summed E-state index contributed by atoms with van der Waals surface area (Å²) < 4.78 is 10.6. The molecule has 0 saturated carbocycles. The molecule has 1 atom stereocenters. The Kier molecular flexibility index (Phi) is 6.83. The number of aromatic hydroxyl groups is 1. The van der Waals surface area contributed by atoms with E-state index in [4.69, 9.17) is 9.47 Å². The van der Waals surface area contributed by atoms with Gasteiger partial charge in [0, 0.05) is 0 Å². The van der Waals surface area contributed by atoms with Gasteiger partial charge in [-0.3, -0.25) is 0 Å². The number of para-hydroxylation sites is 1. The fourth-order valence-corrected chi connectivity index (χ4v) is 2.20. The second kappa shape index (κ2) is 9.35. The second-order valence-corrected chi connectivity index (χ2v) is 5.27. The lowest BCUT2D eigenvalue weighted by Gasteiger charge is -2.07. The maximum absolute atomic E-state index is 11.0. The SMILES string of the molecule is COc1cc(C=CC(CCCOc2ccccc2)N=O)ccc1O. The van der Waals surface area contributed by atoms with E-state index in [1.165, 1.54) is 7.11 Å². The maximum Gasteiger partial charge on any atom is 0.161 e. The van der Waals surface area contributed by atoms with Crippen LogP contribution in [0, 0.1) is 4.91 Å². The normalized spacial score (nSPS) is 12.0. The van der Waals surface area contributed by atoms with Crippen LogP contribution in [0.15, 0.2) is 59.8 Å². The van der Waals surface area contributed by atoms with Gasteiger partial charge in [0.2, 0.25) is 0 Å². The minimum atomic E-state index is -0.413. The first-order valence-electron chi connectivity index (χ1n) is 7.78. The molecule has 0 amide bonds. The van der Waals surface area contributed by atoms with Crippen molar-refractivity contribution in [2.45, 2.75) is 18.9 Å². The Balaban J connectivity index is 1.82. The zero-order valence-corrected chi connectivity index (χ0v) is 13.6. The first-order chi connectivity index (χ1) is 11.7. The van der Waals surface area contributed by atoms with E-state index in [1.807, 2.05) is 30.3 Å². The quantitative estimate of drug-likeness (QED) is 0.547. The molecule has 0 aromatic heterocycles. The van der Waals surface area contributed by atoms with Crippen LogP contribution in [-0.4, -0.2) is 24.9 Å². The Morgan fingerprint density at radius 2 is 2.00 bits per heavy atom. The Hall–Kier alpha value is -2.82. The van der Waals surface area contributed by atoms with Gasteiger partial charge >= 0.3 is 0 Å². The van der Waals surface area contributed by atoms with E-state index in [9.17, 15) is 10.0 Å². The molecule has 0 fully saturated rings. The molecule has 0 spiro atoms. The Labute approximate surface area is 141 Å². The average molecular weight is 327 g/mol. The van der Waals surface area contributed by atoms with Crippen molar-refractivity contribution in [3.63, 3.8) is 0 Å². The van der Waals surface area contributed by atoms with Gasteiger partial charge in [-0.15, -0.1) is 0 Å². The van der Waals surface area contributed by atoms with Gasteiger partial charge in [0.25, 0.3) is 0 Å². The van der Waals surface area contributed by atoms with Crippen LogP contribution >= 0.6 is 0 Å². The predicted molar refractivity (Wildman–Crippen MR) is 94.4 cm³/mol. The molecule has 0 heterocycles. The third-order valence-corrected chi connectivity index (χ3v) is 3.51. The molecule has 2 aromatic carbocycles.